The van der Waals surface area contributed by atoms with E-state index in [-0.39, 0.29) is 23.9 Å². The Morgan fingerprint density at radius 2 is 1.89 bits per heavy atom. The molecular weight excluding hydrogens is 242 g/mol. The van der Waals surface area contributed by atoms with E-state index in [9.17, 15) is 9.59 Å². The number of nitrogens with one attached hydrogen (secondary N) is 2. The first-order valence-electron chi connectivity index (χ1n) is 7.50. The molecule has 0 aliphatic carbocycles. The minimum Gasteiger partial charge on any atom is -0.317 e. The fraction of sp³-hybridized carbons (Fsp3) is 0.857. The predicted octanol–water partition coefficient (Wildman–Crippen LogP) is 0.644. The molecular formula is C14H25N3O2. The number of carbonyl (C=O) groups excluding carboxylic acids is 2. The number of imide groups is 1. The van der Waals surface area contributed by atoms with Gasteiger partial charge in [-0.2, -0.15) is 0 Å². The predicted molar refractivity (Wildman–Crippen MR) is 73.7 cm³/mol. The van der Waals surface area contributed by atoms with Crippen LogP contribution in [0.15, 0.2) is 0 Å². The second-order valence-corrected chi connectivity index (χ2v) is 5.52. The maximum atomic E-state index is 12.4. The lowest BCUT2D eigenvalue weighted by molar-refractivity contribution is -0.141. The van der Waals surface area contributed by atoms with Gasteiger partial charge in [-0.15, -0.1) is 0 Å². The van der Waals surface area contributed by atoms with E-state index in [4.69, 9.17) is 0 Å². The number of hydrogen-bond donors (Lipinski definition) is 2. The lowest BCUT2D eigenvalue weighted by Gasteiger charge is -2.27. The van der Waals surface area contributed by atoms with E-state index >= 15 is 0 Å². The largest absolute Gasteiger partial charge is 0.317 e. The van der Waals surface area contributed by atoms with E-state index < -0.39 is 0 Å². The minimum absolute atomic E-state index is 0.00913. The molecule has 1 unspecified atom stereocenters. The molecule has 0 spiro atoms. The van der Waals surface area contributed by atoms with Crippen molar-refractivity contribution in [3.8, 4) is 0 Å². The molecule has 0 aromatic heterocycles. The molecule has 0 aromatic carbocycles. The maximum absolute atomic E-state index is 12.4. The van der Waals surface area contributed by atoms with E-state index in [1.54, 1.807) is 0 Å². The number of nitrogens with zero attached hydrogens (tertiary/aromatic N) is 1. The lowest BCUT2D eigenvalue weighted by atomic mass is 10.1. The maximum Gasteiger partial charge on any atom is 0.247 e. The third-order valence-corrected chi connectivity index (χ3v) is 4.27. The summed E-state index contributed by atoms with van der Waals surface area (Å²) in [5, 5.41) is 6.68. The zero-order valence-electron chi connectivity index (χ0n) is 11.9. The van der Waals surface area contributed by atoms with Gasteiger partial charge in [0.2, 0.25) is 11.8 Å². The third-order valence-electron chi connectivity index (χ3n) is 4.27. The average molecular weight is 267 g/mol. The van der Waals surface area contributed by atoms with Gasteiger partial charge in [0.15, 0.2) is 0 Å². The first kappa shape index (κ1) is 14.5. The molecule has 0 aromatic rings. The van der Waals surface area contributed by atoms with E-state index in [0.29, 0.717) is 12.5 Å². The Morgan fingerprint density at radius 3 is 2.47 bits per heavy atom. The Balaban J connectivity index is 1.96. The Bertz CT molecular complexity index is 336. The summed E-state index contributed by atoms with van der Waals surface area (Å²) in [5.41, 5.74) is 0. The van der Waals surface area contributed by atoms with Crippen LogP contribution in [0.4, 0.5) is 0 Å². The summed E-state index contributed by atoms with van der Waals surface area (Å²) in [4.78, 5) is 25.9. The van der Waals surface area contributed by atoms with Crippen LogP contribution in [0.3, 0.4) is 0 Å². The second kappa shape index (κ2) is 6.48. The Hall–Kier alpha value is -0.940. The molecule has 2 heterocycles. The fourth-order valence-corrected chi connectivity index (χ4v) is 3.09. The van der Waals surface area contributed by atoms with Crippen molar-refractivity contribution in [1.29, 1.82) is 0 Å². The molecule has 19 heavy (non-hydrogen) atoms. The molecule has 2 aliphatic rings. The number of rotatable bonds is 5. The van der Waals surface area contributed by atoms with Crippen molar-refractivity contribution >= 4 is 11.8 Å². The molecule has 0 radical (unpaired) electrons. The van der Waals surface area contributed by atoms with Crippen LogP contribution in [0.5, 0.6) is 0 Å². The summed E-state index contributed by atoms with van der Waals surface area (Å²) < 4.78 is 0. The van der Waals surface area contributed by atoms with Crippen molar-refractivity contribution in [2.75, 3.05) is 13.1 Å². The van der Waals surface area contributed by atoms with Gasteiger partial charge in [0.05, 0.1) is 12.5 Å². The molecule has 0 bridgehead atoms. The highest BCUT2D eigenvalue weighted by Gasteiger charge is 2.41. The Morgan fingerprint density at radius 1 is 1.26 bits per heavy atom. The van der Waals surface area contributed by atoms with Gasteiger partial charge in [-0.3, -0.25) is 14.5 Å². The standard InChI is InChI=1S/C14H25N3O2/c1-3-11(4-2)17-13(18)9-12(14(17)19)16-10-5-7-15-8-6-10/h10-12,15-16H,3-9H2,1-2H3. The van der Waals surface area contributed by atoms with Crippen molar-refractivity contribution in [2.24, 2.45) is 0 Å². The van der Waals surface area contributed by atoms with E-state index in [1.807, 2.05) is 13.8 Å². The normalized spacial score (nSPS) is 25.6. The van der Waals surface area contributed by atoms with Crippen molar-refractivity contribution in [2.45, 2.75) is 64.1 Å². The summed E-state index contributed by atoms with van der Waals surface area (Å²) in [6, 6.07) is 0.140. The van der Waals surface area contributed by atoms with Crippen molar-refractivity contribution in [1.82, 2.24) is 15.5 Å². The van der Waals surface area contributed by atoms with Gasteiger partial charge in [0.25, 0.3) is 0 Å². The Kier molecular flexibility index (Phi) is 4.93. The zero-order chi connectivity index (χ0) is 13.8. The van der Waals surface area contributed by atoms with Crippen LogP contribution in [-0.4, -0.2) is 47.9 Å². The number of piperidine rings is 1. The third kappa shape index (κ3) is 3.15. The van der Waals surface area contributed by atoms with Crippen LogP contribution >= 0.6 is 0 Å². The van der Waals surface area contributed by atoms with Gasteiger partial charge in [-0.1, -0.05) is 13.8 Å². The van der Waals surface area contributed by atoms with Gasteiger partial charge in [-0.25, -0.2) is 0 Å². The quantitative estimate of drug-likeness (QED) is 0.718. The summed E-state index contributed by atoms with van der Waals surface area (Å²) in [7, 11) is 0. The molecule has 108 valence electrons. The molecule has 0 saturated carbocycles. The number of hydrogen-bond acceptors (Lipinski definition) is 4. The molecule has 5 nitrogen and oxygen atoms in total. The van der Waals surface area contributed by atoms with Crippen molar-refractivity contribution in [3.63, 3.8) is 0 Å². The topological polar surface area (TPSA) is 61.4 Å². The van der Waals surface area contributed by atoms with Crippen LogP contribution in [0.1, 0.15) is 46.0 Å². The average Bonchev–Trinajstić information content (AvgIpc) is 2.69. The highest BCUT2D eigenvalue weighted by atomic mass is 16.2. The molecule has 1 atom stereocenters. The van der Waals surface area contributed by atoms with Gasteiger partial charge < -0.3 is 10.6 Å². The molecule has 2 saturated heterocycles. The lowest BCUT2D eigenvalue weighted by Crippen LogP contribution is -2.49. The van der Waals surface area contributed by atoms with Crippen LogP contribution in [0, 0.1) is 0 Å². The smallest absolute Gasteiger partial charge is 0.247 e. The van der Waals surface area contributed by atoms with Gasteiger partial charge in [0, 0.05) is 12.1 Å². The molecule has 2 fully saturated rings. The summed E-state index contributed by atoms with van der Waals surface area (Å²) in [6.07, 6.45) is 4.08. The van der Waals surface area contributed by atoms with Crippen LogP contribution in [0.2, 0.25) is 0 Å². The first-order valence-corrected chi connectivity index (χ1v) is 7.50. The molecule has 5 heteroatoms. The van der Waals surface area contributed by atoms with Crippen LogP contribution in [0.25, 0.3) is 0 Å². The van der Waals surface area contributed by atoms with Gasteiger partial charge in [0.1, 0.15) is 0 Å². The summed E-state index contributed by atoms with van der Waals surface area (Å²) in [6.45, 7) is 6.04. The highest BCUT2D eigenvalue weighted by Crippen LogP contribution is 2.21. The minimum atomic E-state index is -0.295. The number of carbonyl (C=O) groups is 2. The van der Waals surface area contributed by atoms with E-state index in [1.165, 1.54) is 4.90 Å². The van der Waals surface area contributed by atoms with Crippen molar-refractivity contribution < 1.29 is 9.59 Å². The van der Waals surface area contributed by atoms with Gasteiger partial charge >= 0.3 is 0 Å². The number of amides is 2. The summed E-state index contributed by atoms with van der Waals surface area (Å²) >= 11 is 0. The number of likely N-dealkylation sites (tertiary alicyclic amines) is 1. The molecule has 2 amide bonds. The van der Waals surface area contributed by atoms with E-state index in [0.717, 1.165) is 38.8 Å². The molecule has 2 rings (SSSR count). The monoisotopic (exact) mass is 267 g/mol. The van der Waals surface area contributed by atoms with Crippen molar-refractivity contribution in [3.05, 3.63) is 0 Å². The molecule has 2 aliphatic heterocycles. The second-order valence-electron chi connectivity index (χ2n) is 5.52. The van der Waals surface area contributed by atoms with E-state index in [2.05, 4.69) is 10.6 Å². The SMILES string of the molecule is CCC(CC)N1C(=O)CC(NC2CCNCC2)C1=O. The van der Waals surface area contributed by atoms with Gasteiger partial charge in [-0.05, 0) is 38.8 Å². The van der Waals surface area contributed by atoms with Crippen LogP contribution < -0.4 is 10.6 Å². The van der Waals surface area contributed by atoms with Crippen LogP contribution in [-0.2, 0) is 9.59 Å². The fourth-order valence-electron chi connectivity index (χ4n) is 3.09. The zero-order valence-corrected chi connectivity index (χ0v) is 11.9. The summed E-state index contributed by atoms with van der Waals surface area (Å²) in [5.74, 6) is -0.0256. The highest BCUT2D eigenvalue weighted by molar-refractivity contribution is 6.05. The molecule has 2 N–H and O–H groups in total. The first-order chi connectivity index (χ1) is 9.17. The Labute approximate surface area is 115 Å².